The number of nitrogens with one attached hydrogen (secondary N) is 1. The molecule has 0 saturated carbocycles. The quantitative estimate of drug-likeness (QED) is 0.760. The number of carboxylic acid groups (broad SMARTS) is 1. The van der Waals surface area contributed by atoms with E-state index in [1.54, 1.807) is 17.8 Å². The third kappa shape index (κ3) is 5.38. The number of hydrogen-bond donors (Lipinski definition) is 2. The van der Waals surface area contributed by atoms with Gasteiger partial charge in [0.2, 0.25) is 0 Å². The standard InChI is InChI=1S/C14H19NO3S2/c1-9(8-19-3)7-15-14(18)12-6-10(2)11(20-12)4-5-13(16)17/h4-6,9H,7-8H2,1-3H3,(H,15,18)(H,16,17)/b5-4+. The largest absolute Gasteiger partial charge is 0.478 e. The highest BCUT2D eigenvalue weighted by atomic mass is 32.2. The van der Waals surface area contributed by atoms with Crippen LogP contribution in [0.4, 0.5) is 0 Å². The summed E-state index contributed by atoms with van der Waals surface area (Å²) in [5.41, 5.74) is 0.912. The lowest BCUT2D eigenvalue weighted by molar-refractivity contribution is -0.131. The van der Waals surface area contributed by atoms with Gasteiger partial charge in [-0.2, -0.15) is 11.8 Å². The van der Waals surface area contributed by atoms with Crippen LogP contribution in [0.1, 0.15) is 27.0 Å². The van der Waals surface area contributed by atoms with Crippen LogP contribution < -0.4 is 5.32 Å². The molecule has 0 bridgehead atoms. The summed E-state index contributed by atoms with van der Waals surface area (Å²) in [6.45, 7) is 4.61. The first kappa shape index (κ1) is 16.8. The number of carboxylic acids is 1. The van der Waals surface area contributed by atoms with Crippen LogP contribution in [0.2, 0.25) is 0 Å². The van der Waals surface area contributed by atoms with E-state index in [-0.39, 0.29) is 5.91 Å². The summed E-state index contributed by atoms with van der Waals surface area (Å²) in [5, 5.41) is 11.5. The molecule has 1 aromatic rings. The molecular weight excluding hydrogens is 294 g/mol. The second kappa shape index (κ2) is 8.11. The Kier molecular flexibility index (Phi) is 6.81. The molecule has 1 aromatic heterocycles. The van der Waals surface area contributed by atoms with Crippen LogP contribution >= 0.6 is 23.1 Å². The molecule has 1 atom stereocenters. The number of thioether (sulfide) groups is 1. The fourth-order valence-corrected chi connectivity index (χ4v) is 3.30. The van der Waals surface area contributed by atoms with Crippen molar-refractivity contribution in [2.45, 2.75) is 13.8 Å². The number of rotatable bonds is 7. The van der Waals surface area contributed by atoms with Gasteiger partial charge < -0.3 is 10.4 Å². The molecule has 0 saturated heterocycles. The molecule has 0 fully saturated rings. The first-order chi connectivity index (χ1) is 9.43. The molecule has 0 aliphatic heterocycles. The van der Waals surface area contributed by atoms with Gasteiger partial charge in [0.15, 0.2) is 0 Å². The third-order valence-electron chi connectivity index (χ3n) is 2.62. The van der Waals surface area contributed by atoms with Gasteiger partial charge >= 0.3 is 5.97 Å². The Hall–Kier alpha value is -1.27. The molecule has 1 heterocycles. The molecule has 110 valence electrons. The molecule has 6 heteroatoms. The Balaban J connectivity index is 2.65. The van der Waals surface area contributed by atoms with Crippen LogP contribution in [0, 0.1) is 12.8 Å². The molecule has 0 radical (unpaired) electrons. The SMILES string of the molecule is CSCC(C)CNC(=O)c1cc(C)c(/C=C/C(=O)O)s1. The Morgan fingerprint density at radius 2 is 2.25 bits per heavy atom. The maximum absolute atomic E-state index is 12.0. The van der Waals surface area contributed by atoms with Crippen LogP contribution in [-0.4, -0.2) is 35.5 Å². The maximum atomic E-state index is 12.0. The summed E-state index contributed by atoms with van der Waals surface area (Å²) >= 11 is 3.07. The van der Waals surface area contributed by atoms with Crippen molar-refractivity contribution in [3.05, 3.63) is 27.5 Å². The Labute approximate surface area is 127 Å². The molecular formula is C14H19NO3S2. The first-order valence-electron chi connectivity index (χ1n) is 6.22. The number of amides is 1. The lowest BCUT2D eigenvalue weighted by Crippen LogP contribution is -2.28. The lowest BCUT2D eigenvalue weighted by Gasteiger charge is -2.10. The Morgan fingerprint density at radius 1 is 1.55 bits per heavy atom. The molecule has 20 heavy (non-hydrogen) atoms. The minimum absolute atomic E-state index is 0.0963. The van der Waals surface area contributed by atoms with Crippen LogP contribution in [0.3, 0.4) is 0 Å². The van der Waals surface area contributed by atoms with Crippen LogP contribution in [0.25, 0.3) is 6.08 Å². The Morgan fingerprint density at radius 3 is 2.85 bits per heavy atom. The highest BCUT2D eigenvalue weighted by Gasteiger charge is 2.12. The fraction of sp³-hybridized carbons (Fsp3) is 0.429. The summed E-state index contributed by atoms with van der Waals surface area (Å²) in [6, 6.07) is 1.79. The third-order valence-corrected chi connectivity index (χ3v) is 4.72. The zero-order valence-electron chi connectivity index (χ0n) is 11.8. The number of aliphatic carboxylic acids is 1. The van der Waals surface area contributed by atoms with Gasteiger partial charge in [-0.3, -0.25) is 4.79 Å². The smallest absolute Gasteiger partial charge is 0.328 e. The van der Waals surface area contributed by atoms with E-state index in [1.807, 2.05) is 13.2 Å². The lowest BCUT2D eigenvalue weighted by atomic mass is 10.2. The van der Waals surface area contributed by atoms with Crippen molar-refractivity contribution in [1.82, 2.24) is 5.32 Å². The monoisotopic (exact) mass is 313 g/mol. The van der Waals surface area contributed by atoms with Gasteiger partial charge in [-0.15, -0.1) is 11.3 Å². The number of hydrogen-bond acceptors (Lipinski definition) is 4. The molecule has 1 amide bonds. The predicted molar refractivity (Wildman–Crippen MR) is 85.6 cm³/mol. The van der Waals surface area contributed by atoms with E-state index in [1.165, 1.54) is 17.4 Å². The average Bonchev–Trinajstić information content (AvgIpc) is 2.75. The van der Waals surface area contributed by atoms with Gasteiger partial charge in [0.05, 0.1) is 4.88 Å². The van der Waals surface area contributed by atoms with Crippen molar-refractivity contribution in [2.24, 2.45) is 5.92 Å². The van der Waals surface area contributed by atoms with Crippen LogP contribution in [0.15, 0.2) is 12.1 Å². The second-order valence-corrected chi connectivity index (χ2v) is 6.59. The van der Waals surface area contributed by atoms with Crippen molar-refractivity contribution in [3.8, 4) is 0 Å². The summed E-state index contributed by atoms with van der Waals surface area (Å²) < 4.78 is 0. The van der Waals surface area contributed by atoms with Gasteiger partial charge in [0.25, 0.3) is 5.91 Å². The molecule has 0 aromatic carbocycles. The van der Waals surface area contributed by atoms with E-state index in [2.05, 4.69) is 12.2 Å². The van der Waals surface area contributed by atoms with E-state index in [4.69, 9.17) is 5.11 Å². The average molecular weight is 313 g/mol. The summed E-state index contributed by atoms with van der Waals surface area (Å²) in [6.07, 6.45) is 4.65. The second-order valence-electron chi connectivity index (χ2n) is 4.60. The van der Waals surface area contributed by atoms with Crippen molar-refractivity contribution in [1.29, 1.82) is 0 Å². The highest BCUT2D eigenvalue weighted by molar-refractivity contribution is 7.98. The summed E-state index contributed by atoms with van der Waals surface area (Å²) in [4.78, 5) is 23.9. The Bertz CT molecular complexity index is 509. The molecule has 4 nitrogen and oxygen atoms in total. The van der Waals surface area contributed by atoms with Crippen LogP contribution in [0.5, 0.6) is 0 Å². The number of aryl methyl sites for hydroxylation is 1. The summed E-state index contributed by atoms with van der Waals surface area (Å²) in [7, 11) is 0. The number of carbonyl (C=O) groups is 2. The van der Waals surface area contributed by atoms with E-state index >= 15 is 0 Å². The maximum Gasteiger partial charge on any atom is 0.328 e. The zero-order valence-corrected chi connectivity index (χ0v) is 13.4. The molecule has 0 spiro atoms. The van der Waals surface area contributed by atoms with Crippen molar-refractivity contribution in [3.63, 3.8) is 0 Å². The fourth-order valence-electron chi connectivity index (χ4n) is 1.62. The molecule has 2 N–H and O–H groups in total. The van der Waals surface area contributed by atoms with Crippen molar-refractivity contribution < 1.29 is 14.7 Å². The van der Waals surface area contributed by atoms with E-state index < -0.39 is 5.97 Å². The molecule has 1 rings (SSSR count). The number of thiophene rings is 1. The van der Waals surface area contributed by atoms with Crippen molar-refractivity contribution in [2.75, 3.05) is 18.6 Å². The highest BCUT2D eigenvalue weighted by Crippen LogP contribution is 2.23. The van der Waals surface area contributed by atoms with E-state index in [0.29, 0.717) is 17.3 Å². The normalized spacial score (nSPS) is 12.6. The molecule has 0 aliphatic rings. The molecule has 1 unspecified atom stereocenters. The minimum Gasteiger partial charge on any atom is -0.478 e. The summed E-state index contributed by atoms with van der Waals surface area (Å²) in [5.74, 6) is 0.355. The topological polar surface area (TPSA) is 66.4 Å². The first-order valence-corrected chi connectivity index (χ1v) is 8.43. The van der Waals surface area contributed by atoms with Gasteiger partial charge in [-0.25, -0.2) is 4.79 Å². The number of carbonyl (C=O) groups excluding carboxylic acids is 1. The minimum atomic E-state index is -0.991. The van der Waals surface area contributed by atoms with E-state index in [0.717, 1.165) is 22.3 Å². The van der Waals surface area contributed by atoms with Crippen molar-refractivity contribution >= 4 is 41.1 Å². The van der Waals surface area contributed by atoms with Gasteiger partial charge in [0, 0.05) is 17.5 Å². The van der Waals surface area contributed by atoms with E-state index in [9.17, 15) is 9.59 Å². The van der Waals surface area contributed by atoms with Gasteiger partial charge in [0.1, 0.15) is 0 Å². The predicted octanol–water partition coefficient (Wildman–Crippen LogP) is 2.88. The van der Waals surface area contributed by atoms with Crippen LogP contribution in [-0.2, 0) is 4.79 Å². The molecule has 0 aliphatic carbocycles. The van der Waals surface area contributed by atoms with Gasteiger partial charge in [-0.05, 0) is 42.6 Å². The zero-order chi connectivity index (χ0) is 15.1. The van der Waals surface area contributed by atoms with Gasteiger partial charge in [-0.1, -0.05) is 6.92 Å².